The number of nitrogens with one attached hydrogen (secondary N) is 1. The normalized spacial score (nSPS) is 18.2. The van der Waals surface area contributed by atoms with E-state index in [1.165, 1.54) is 16.1 Å². The van der Waals surface area contributed by atoms with Crippen molar-refractivity contribution >= 4 is 39.2 Å². The highest BCUT2D eigenvalue weighted by Gasteiger charge is 2.29. The number of Topliss-reactive ketones (excluding diaryl/α,β-unsaturated/α-hetero) is 1. The van der Waals surface area contributed by atoms with Crippen LogP contribution in [0.5, 0.6) is 5.75 Å². The molecule has 210 valence electrons. The van der Waals surface area contributed by atoms with Gasteiger partial charge in [-0.05, 0) is 43.2 Å². The number of rotatable bonds is 8. The van der Waals surface area contributed by atoms with Crippen molar-refractivity contribution in [1.29, 1.82) is 0 Å². The molecule has 6 rings (SSSR count). The van der Waals surface area contributed by atoms with Crippen LogP contribution in [0.15, 0.2) is 52.5 Å². The summed E-state index contributed by atoms with van der Waals surface area (Å²) >= 11 is 1.30. The number of ketones is 1. The van der Waals surface area contributed by atoms with Gasteiger partial charge in [-0.2, -0.15) is 4.31 Å². The molecule has 3 aliphatic rings. The number of ether oxygens (including phenoxy) is 2. The number of hydrogen-bond donors (Lipinski definition) is 1. The number of amides is 1. The number of hydrogen-bond acceptors (Lipinski definition) is 9. The Bertz CT molecular complexity index is 1540. The van der Waals surface area contributed by atoms with Crippen LogP contribution in [-0.2, 0) is 19.6 Å². The number of thioether (sulfide) groups is 1. The summed E-state index contributed by atoms with van der Waals surface area (Å²) in [4.78, 5) is 25.0. The van der Waals surface area contributed by atoms with E-state index < -0.39 is 10.0 Å². The fourth-order valence-corrected chi connectivity index (χ4v) is 7.62. The molecule has 1 saturated heterocycles. The van der Waals surface area contributed by atoms with Crippen molar-refractivity contribution in [3.05, 3.63) is 48.0 Å². The number of aromatic nitrogens is 3. The van der Waals surface area contributed by atoms with Gasteiger partial charge in [0.1, 0.15) is 5.75 Å². The summed E-state index contributed by atoms with van der Waals surface area (Å²) in [7, 11) is -3.67. The Morgan fingerprint density at radius 2 is 1.88 bits per heavy atom. The number of nitrogens with zero attached hydrogens (tertiary/aromatic N) is 4. The molecule has 1 saturated carbocycles. The minimum Gasteiger partial charge on any atom is -0.482 e. The summed E-state index contributed by atoms with van der Waals surface area (Å²) in [6, 6.07) is 12.0. The zero-order chi connectivity index (χ0) is 27.7. The number of benzene rings is 2. The third-order valence-electron chi connectivity index (χ3n) is 7.32. The molecule has 1 aliphatic carbocycles. The Balaban J connectivity index is 1.26. The Labute approximate surface area is 236 Å². The maximum absolute atomic E-state index is 13.3. The van der Waals surface area contributed by atoms with Gasteiger partial charge in [-0.3, -0.25) is 14.2 Å². The highest BCUT2D eigenvalue weighted by atomic mass is 32.2. The van der Waals surface area contributed by atoms with Crippen molar-refractivity contribution in [2.24, 2.45) is 0 Å². The molecular weight excluding hydrogens is 554 g/mol. The van der Waals surface area contributed by atoms with Gasteiger partial charge in [0.05, 0.1) is 29.5 Å². The summed E-state index contributed by atoms with van der Waals surface area (Å²) in [5.41, 5.74) is 1.61. The lowest BCUT2D eigenvalue weighted by atomic mass is 10.1. The van der Waals surface area contributed by atoms with Gasteiger partial charge in [0.15, 0.2) is 23.4 Å². The second-order valence-corrected chi connectivity index (χ2v) is 12.8. The summed E-state index contributed by atoms with van der Waals surface area (Å²) in [5, 5.41) is 12.3. The van der Waals surface area contributed by atoms with Gasteiger partial charge in [-0.25, -0.2) is 8.42 Å². The van der Waals surface area contributed by atoms with Gasteiger partial charge in [0.25, 0.3) is 5.91 Å². The van der Waals surface area contributed by atoms with Crippen LogP contribution in [0, 0.1) is 0 Å². The van der Waals surface area contributed by atoms with E-state index in [0.717, 1.165) is 25.7 Å². The average molecular weight is 584 g/mol. The third kappa shape index (κ3) is 5.38. The fourth-order valence-electron chi connectivity index (χ4n) is 5.27. The number of sulfonamides is 1. The number of morpholine rings is 1. The Morgan fingerprint density at radius 3 is 2.67 bits per heavy atom. The van der Waals surface area contributed by atoms with Crippen LogP contribution < -0.4 is 10.1 Å². The third-order valence-corrected chi connectivity index (χ3v) is 10.2. The lowest BCUT2D eigenvalue weighted by Crippen LogP contribution is -2.40. The van der Waals surface area contributed by atoms with E-state index in [-0.39, 0.29) is 35.0 Å². The number of carbonyl (C=O) groups excluding carboxylic acids is 2. The predicted molar refractivity (Wildman–Crippen MR) is 148 cm³/mol. The molecule has 2 aliphatic heterocycles. The first-order chi connectivity index (χ1) is 19.4. The largest absolute Gasteiger partial charge is 0.482 e. The second-order valence-electron chi connectivity index (χ2n) is 9.92. The second kappa shape index (κ2) is 11.3. The molecule has 0 unspecified atom stereocenters. The first kappa shape index (κ1) is 26.9. The fraction of sp³-hybridized carbons (Fsp3) is 0.407. The molecular formula is C27H29N5O6S2. The lowest BCUT2D eigenvalue weighted by Gasteiger charge is -2.26. The Kier molecular flexibility index (Phi) is 7.62. The smallest absolute Gasteiger partial charge is 0.262 e. The summed E-state index contributed by atoms with van der Waals surface area (Å²) in [6.45, 7) is 1.36. The van der Waals surface area contributed by atoms with Gasteiger partial charge in [-0.15, -0.1) is 10.2 Å². The molecule has 40 heavy (non-hydrogen) atoms. The SMILES string of the molecule is O=C1COc2ccc(C(=O)CSc3nnc(-c4cccc(S(=O)(=O)N5CCOCC5)c4)n3C3CCCC3)cc2N1. The lowest BCUT2D eigenvalue weighted by molar-refractivity contribution is -0.118. The van der Waals surface area contributed by atoms with Crippen molar-refractivity contribution < 1.29 is 27.5 Å². The molecule has 3 heterocycles. The molecule has 0 radical (unpaired) electrons. The van der Waals surface area contributed by atoms with Gasteiger partial charge in [0, 0.05) is 30.3 Å². The highest BCUT2D eigenvalue weighted by molar-refractivity contribution is 7.99. The van der Waals surface area contributed by atoms with Gasteiger partial charge in [-0.1, -0.05) is 36.7 Å². The van der Waals surface area contributed by atoms with E-state index in [1.54, 1.807) is 36.4 Å². The topological polar surface area (TPSA) is 133 Å². The minimum absolute atomic E-state index is 0.0443. The van der Waals surface area contributed by atoms with E-state index in [9.17, 15) is 18.0 Å². The first-order valence-corrected chi connectivity index (χ1v) is 15.7. The van der Waals surface area contributed by atoms with E-state index >= 15 is 0 Å². The summed E-state index contributed by atoms with van der Waals surface area (Å²) < 4.78 is 40.8. The molecule has 1 amide bonds. The van der Waals surface area contributed by atoms with Crippen LogP contribution >= 0.6 is 11.8 Å². The van der Waals surface area contributed by atoms with Gasteiger partial charge >= 0.3 is 0 Å². The van der Waals surface area contributed by atoms with E-state index in [4.69, 9.17) is 9.47 Å². The van der Waals surface area contributed by atoms with Crippen molar-refractivity contribution in [1.82, 2.24) is 19.1 Å². The molecule has 2 aromatic carbocycles. The Hall–Kier alpha value is -3.26. The molecule has 0 bridgehead atoms. The number of carbonyl (C=O) groups is 2. The van der Waals surface area contributed by atoms with Crippen molar-refractivity contribution in [2.45, 2.75) is 41.8 Å². The van der Waals surface area contributed by atoms with Crippen LogP contribution in [0.1, 0.15) is 42.1 Å². The van der Waals surface area contributed by atoms with E-state index in [2.05, 4.69) is 20.1 Å². The standard InChI is InChI=1S/C27H29N5O6S2/c33-23(18-8-9-24-22(15-18)28-25(34)16-38-24)17-39-27-30-29-26(32(27)20-5-1-2-6-20)19-4-3-7-21(14-19)40(35,36)31-10-12-37-13-11-31/h3-4,7-9,14-15,20H,1-2,5-6,10-13,16-17H2,(H,28,34). The zero-order valence-corrected chi connectivity index (χ0v) is 23.4. The molecule has 0 spiro atoms. The highest BCUT2D eigenvalue weighted by Crippen LogP contribution is 2.37. The molecule has 13 heteroatoms. The Morgan fingerprint density at radius 1 is 1.07 bits per heavy atom. The number of fused-ring (bicyclic) bond motifs is 1. The summed E-state index contributed by atoms with van der Waals surface area (Å²) in [6.07, 6.45) is 4.09. The van der Waals surface area contributed by atoms with Crippen molar-refractivity contribution in [3.8, 4) is 17.1 Å². The van der Waals surface area contributed by atoms with E-state index in [0.29, 0.717) is 59.8 Å². The van der Waals surface area contributed by atoms with E-state index in [1.807, 2.05) is 6.07 Å². The van der Waals surface area contributed by atoms with Crippen molar-refractivity contribution in [2.75, 3.05) is 44.0 Å². The molecule has 3 aromatic rings. The maximum atomic E-state index is 13.3. The monoisotopic (exact) mass is 583 g/mol. The molecule has 0 atom stereocenters. The average Bonchev–Trinajstić information content (AvgIpc) is 3.66. The van der Waals surface area contributed by atoms with Crippen LogP contribution in [0.25, 0.3) is 11.4 Å². The minimum atomic E-state index is -3.67. The molecule has 1 N–H and O–H groups in total. The van der Waals surface area contributed by atoms with Crippen LogP contribution in [-0.4, -0.2) is 77.8 Å². The van der Waals surface area contributed by atoms with Crippen LogP contribution in [0.3, 0.4) is 0 Å². The number of anilines is 1. The maximum Gasteiger partial charge on any atom is 0.262 e. The molecule has 11 nitrogen and oxygen atoms in total. The van der Waals surface area contributed by atoms with Crippen LogP contribution in [0.2, 0.25) is 0 Å². The van der Waals surface area contributed by atoms with Crippen molar-refractivity contribution in [3.63, 3.8) is 0 Å². The van der Waals surface area contributed by atoms with Crippen LogP contribution in [0.4, 0.5) is 5.69 Å². The first-order valence-electron chi connectivity index (χ1n) is 13.3. The summed E-state index contributed by atoms with van der Waals surface area (Å²) in [5.74, 6) is 0.880. The zero-order valence-electron chi connectivity index (χ0n) is 21.7. The van der Waals surface area contributed by atoms with Gasteiger partial charge in [0.2, 0.25) is 10.0 Å². The molecule has 1 aromatic heterocycles. The predicted octanol–water partition coefficient (Wildman–Crippen LogP) is 3.39. The quantitative estimate of drug-likeness (QED) is 0.313. The molecule has 2 fully saturated rings. The van der Waals surface area contributed by atoms with Gasteiger partial charge < -0.3 is 14.8 Å².